The van der Waals surface area contributed by atoms with E-state index in [-0.39, 0.29) is 35.6 Å². The number of amides is 1. The predicted octanol–water partition coefficient (Wildman–Crippen LogP) is 1.90. The van der Waals surface area contributed by atoms with Crippen LogP contribution in [0.1, 0.15) is 18.4 Å². The Bertz CT molecular complexity index is 598. The van der Waals surface area contributed by atoms with Crippen molar-refractivity contribution in [3.8, 4) is 0 Å². The smallest absolute Gasteiger partial charge is 0.224 e. The van der Waals surface area contributed by atoms with Crippen LogP contribution < -0.4 is 5.32 Å². The highest BCUT2D eigenvalue weighted by Crippen LogP contribution is 2.23. The third-order valence-corrected chi connectivity index (χ3v) is 5.10. The quantitative estimate of drug-likeness (QED) is 0.922. The molecule has 1 fully saturated rings. The van der Waals surface area contributed by atoms with Crippen molar-refractivity contribution in [2.45, 2.75) is 19.8 Å². The van der Waals surface area contributed by atoms with Crippen LogP contribution in [0.2, 0.25) is 0 Å². The maximum Gasteiger partial charge on any atom is 0.224 e. The molecule has 0 saturated carbocycles. The number of anilines is 1. The lowest BCUT2D eigenvalue weighted by atomic mass is 10.0. The second kappa shape index (κ2) is 5.28. The number of carbonyl (C=O) groups excluding carboxylic acids is 1. The summed E-state index contributed by atoms with van der Waals surface area (Å²) in [5.74, 6) is -0.427. The molecule has 1 atom stereocenters. The van der Waals surface area contributed by atoms with Crippen LogP contribution in [0.25, 0.3) is 0 Å². The van der Waals surface area contributed by atoms with Gasteiger partial charge in [0, 0.05) is 12.1 Å². The van der Waals surface area contributed by atoms with E-state index in [4.69, 9.17) is 0 Å². The molecule has 104 valence electrons. The molecule has 1 aromatic rings. The van der Waals surface area contributed by atoms with Gasteiger partial charge in [0.1, 0.15) is 5.82 Å². The van der Waals surface area contributed by atoms with Crippen LogP contribution in [0.5, 0.6) is 0 Å². The maximum absolute atomic E-state index is 12.9. The summed E-state index contributed by atoms with van der Waals surface area (Å²) in [5.41, 5.74) is 1.21. The second-order valence-electron chi connectivity index (χ2n) is 4.98. The first-order valence-corrected chi connectivity index (χ1v) is 7.94. The largest absolute Gasteiger partial charge is 0.326 e. The number of rotatable bonds is 3. The Kier molecular flexibility index (Phi) is 3.89. The molecule has 19 heavy (non-hydrogen) atoms. The fourth-order valence-corrected chi connectivity index (χ4v) is 4.13. The van der Waals surface area contributed by atoms with Crippen LogP contribution in [0.15, 0.2) is 18.2 Å². The fourth-order valence-electron chi connectivity index (χ4n) is 2.26. The molecule has 2 rings (SSSR count). The number of hydrogen-bond acceptors (Lipinski definition) is 3. The summed E-state index contributed by atoms with van der Waals surface area (Å²) in [4.78, 5) is 11.8. The summed E-state index contributed by atoms with van der Waals surface area (Å²) in [6.07, 6.45) is 0.730. The van der Waals surface area contributed by atoms with Gasteiger partial charge in [-0.25, -0.2) is 12.8 Å². The highest BCUT2D eigenvalue weighted by molar-refractivity contribution is 7.91. The van der Waals surface area contributed by atoms with E-state index in [0.717, 1.165) is 0 Å². The molecule has 1 heterocycles. The molecule has 0 aromatic heterocycles. The van der Waals surface area contributed by atoms with Crippen molar-refractivity contribution in [1.29, 1.82) is 0 Å². The van der Waals surface area contributed by atoms with Crippen LogP contribution >= 0.6 is 0 Å². The number of halogens is 1. The van der Waals surface area contributed by atoms with Gasteiger partial charge in [0.25, 0.3) is 0 Å². The number of hydrogen-bond donors (Lipinski definition) is 1. The zero-order chi connectivity index (χ0) is 14.0. The fraction of sp³-hybridized carbons (Fsp3) is 0.462. The van der Waals surface area contributed by atoms with Gasteiger partial charge in [-0.2, -0.15) is 0 Å². The van der Waals surface area contributed by atoms with Gasteiger partial charge < -0.3 is 5.32 Å². The first kappa shape index (κ1) is 14.0. The van der Waals surface area contributed by atoms with Crippen LogP contribution in [0.3, 0.4) is 0 Å². The third kappa shape index (κ3) is 3.76. The monoisotopic (exact) mass is 285 g/mol. The van der Waals surface area contributed by atoms with Gasteiger partial charge >= 0.3 is 0 Å². The minimum atomic E-state index is -2.96. The molecule has 1 N–H and O–H groups in total. The minimum Gasteiger partial charge on any atom is -0.326 e. The molecule has 6 heteroatoms. The second-order valence-corrected chi connectivity index (χ2v) is 7.21. The molecular formula is C13H16FNO3S. The lowest BCUT2D eigenvalue weighted by Crippen LogP contribution is -2.18. The van der Waals surface area contributed by atoms with E-state index in [0.29, 0.717) is 17.7 Å². The Hall–Kier alpha value is -1.43. The standard InChI is InChI=1S/C13H16FNO3S/c1-9-6-11(14)2-3-12(9)15-13(16)7-10-4-5-19(17,18)8-10/h2-3,6,10H,4-5,7-8H2,1H3,(H,15,16)/t10-/m0/s1. The van der Waals surface area contributed by atoms with E-state index >= 15 is 0 Å². The highest BCUT2D eigenvalue weighted by Gasteiger charge is 2.29. The first-order valence-electron chi connectivity index (χ1n) is 6.12. The Morgan fingerprint density at radius 3 is 2.79 bits per heavy atom. The Balaban J connectivity index is 1.95. The van der Waals surface area contributed by atoms with E-state index in [2.05, 4.69) is 5.32 Å². The molecule has 1 aliphatic heterocycles. The average molecular weight is 285 g/mol. The molecule has 0 bridgehead atoms. The summed E-state index contributed by atoms with van der Waals surface area (Å²) in [6, 6.07) is 4.13. The molecule has 1 saturated heterocycles. The topological polar surface area (TPSA) is 63.2 Å². The van der Waals surface area contributed by atoms with Crippen LogP contribution in [-0.2, 0) is 14.6 Å². The van der Waals surface area contributed by atoms with E-state index in [9.17, 15) is 17.6 Å². The first-order chi connectivity index (χ1) is 8.85. The zero-order valence-electron chi connectivity index (χ0n) is 10.6. The number of sulfone groups is 1. The normalized spacial score (nSPS) is 21.3. The van der Waals surface area contributed by atoms with Crippen LogP contribution in [-0.4, -0.2) is 25.8 Å². The molecule has 0 aliphatic carbocycles. The van der Waals surface area contributed by atoms with E-state index in [1.807, 2.05) is 0 Å². The van der Waals surface area contributed by atoms with E-state index in [1.165, 1.54) is 18.2 Å². The third-order valence-electron chi connectivity index (χ3n) is 3.26. The summed E-state index contributed by atoms with van der Waals surface area (Å²) < 4.78 is 35.5. The lowest BCUT2D eigenvalue weighted by Gasteiger charge is -2.10. The van der Waals surface area contributed by atoms with Gasteiger partial charge in [-0.3, -0.25) is 4.79 Å². The van der Waals surface area contributed by atoms with Crippen molar-refractivity contribution in [3.05, 3.63) is 29.6 Å². The Labute approximate surface area is 111 Å². The molecular weight excluding hydrogens is 269 g/mol. The Morgan fingerprint density at radius 1 is 1.47 bits per heavy atom. The SMILES string of the molecule is Cc1cc(F)ccc1NC(=O)C[C@@H]1CCS(=O)(=O)C1. The number of carbonyl (C=O) groups is 1. The van der Waals surface area contributed by atoms with Crippen molar-refractivity contribution in [3.63, 3.8) is 0 Å². The molecule has 1 amide bonds. The molecule has 1 aliphatic rings. The maximum atomic E-state index is 12.9. The van der Waals surface area contributed by atoms with Crippen molar-refractivity contribution < 1.29 is 17.6 Å². The highest BCUT2D eigenvalue weighted by atomic mass is 32.2. The Morgan fingerprint density at radius 2 is 2.21 bits per heavy atom. The lowest BCUT2D eigenvalue weighted by molar-refractivity contribution is -0.116. The summed E-state index contributed by atoms with van der Waals surface area (Å²) in [7, 11) is -2.96. The molecule has 0 radical (unpaired) electrons. The summed E-state index contributed by atoms with van der Waals surface area (Å²) in [5, 5.41) is 2.69. The van der Waals surface area contributed by atoms with Gasteiger partial charge in [-0.1, -0.05) is 0 Å². The van der Waals surface area contributed by atoms with Gasteiger partial charge in [0.2, 0.25) is 5.91 Å². The average Bonchev–Trinajstić information content (AvgIpc) is 2.62. The van der Waals surface area contributed by atoms with Crippen molar-refractivity contribution in [2.24, 2.45) is 5.92 Å². The van der Waals surface area contributed by atoms with Crippen molar-refractivity contribution in [2.75, 3.05) is 16.8 Å². The number of aryl methyl sites for hydroxylation is 1. The van der Waals surface area contributed by atoms with Crippen LogP contribution in [0.4, 0.5) is 10.1 Å². The molecule has 0 unspecified atom stereocenters. The summed E-state index contributed by atoms with van der Waals surface area (Å²) in [6.45, 7) is 1.71. The van der Waals surface area contributed by atoms with Crippen molar-refractivity contribution >= 4 is 21.4 Å². The van der Waals surface area contributed by atoms with Gasteiger partial charge in [0.15, 0.2) is 9.84 Å². The van der Waals surface area contributed by atoms with Crippen molar-refractivity contribution in [1.82, 2.24) is 0 Å². The zero-order valence-corrected chi connectivity index (χ0v) is 11.5. The molecule has 1 aromatic carbocycles. The van der Waals surface area contributed by atoms with Gasteiger partial charge in [-0.15, -0.1) is 0 Å². The number of nitrogens with one attached hydrogen (secondary N) is 1. The van der Waals surface area contributed by atoms with Crippen LogP contribution in [0, 0.1) is 18.7 Å². The predicted molar refractivity (Wildman–Crippen MR) is 71.1 cm³/mol. The minimum absolute atomic E-state index is 0.0861. The van der Waals surface area contributed by atoms with Gasteiger partial charge in [-0.05, 0) is 43.0 Å². The van der Waals surface area contributed by atoms with E-state index in [1.54, 1.807) is 6.92 Å². The molecule has 0 spiro atoms. The summed E-state index contributed by atoms with van der Waals surface area (Å²) >= 11 is 0. The van der Waals surface area contributed by atoms with E-state index < -0.39 is 9.84 Å². The number of benzene rings is 1. The molecule has 4 nitrogen and oxygen atoms in total. The van der Waals surface area contributed by atoms with Gasteiger partial charge in [0.05, 0.1) is 11.5 Å².